The van der Waals surface area contributed by atoms with Gasteiger partial charge in [0.2, 0.25) is 5.91 Å². The van der Waals surface area contributed by atoms with Crippen LogP contribution in [-0.2, 0) is 9.53 Å². The van der Waals surface area contributed by atoms with E-state index >= 15 is 0 Å². The Bertz CT molecular complexity index is 765. The first-order valence-corrected chi connectivity index (χ1v) is 8.02. The highest BCUT2D eigenvalue weighted by molar-refractivity contribution is 8.00. The van der Waals surface area contributed by atoms with Gasteiger partial charge in [-0.1, -0.05) is 18.2 Å². The summed E-state index contributed by atoms with van der Waals surface area (Å²) in [5.41, 5.74) is 1.73. The number of esters is 1. The second kappa shape index (κ2) is 6.42. The van der Waals surface area contributed by atoms with Crippen molar-refractivity contribution in [1.82, 2.24) is 0 Å². The number of anilines is 1. The number of carbonyl (C=O) groups is 2. The van der Waals surface area contributed by atoms with Gasteiger partial charge in [0, 0.05) is 5.69 Å². The monoisotopic (exact) mass is 331 g/mol. The van der Waals surface area contributed by atoms with Crippen molar-refractivity contribution >= 4 is 29.3 Å². The van der Waals surface area contributed by atoms with Crippen molar-refractivity contribution in [2.24, 2.45) is 0 Å². The fourth-order valence-electron chi connectivity index (χ4n) is 2.51. The van der Waals surface area contributed by atoms with Gasteiger partial charge in [-0.2, -0.15) is 0 Å². The highest BCUT2D eigenvalue weighted by Crippen LogP contribution is 2.41. The van der Waals surface area contributed by atoms with E-state index in [1.165, 1.54) is 31.0 Å². The molecule has 1 aliphatic heterocycles. The summed E-state index contributed by atoms with van der Waals surface area (Å²) in [5, 5.41) is -0.297. The van der Waals surface area contributed by atoms with Gasteiger partial charge < -0.3 is 4.74 Å². The molecule has 0 aromatic heterocycles. The van der Waals surface area contributed by atoms with Gasteiger partial charge in [-0.3, -0.25) is 9.69 Å². The second-order valence-electron chi connectivity index (χ2n) is 5.02. The highest BCUT2D eigenvalue weighted by atomic mass is 32.2. The SMILES string of the molecule is COC(=O)c1cccc(C2SCC(=O)N2c2cccc(F)c2)c1. The summed E-state index contributed by atoms with van der Waals surface area (Å²) in [6.07, 6.45) is 0. The van der Waals surface area contributed by atoms with Gasteiger partial charge in [-0.15, -0.1) is 11.8 Å². The molecule has 1 atom stereocenters. The molecule has 0 spiro atoms. The maximum Gasteiger partial charge on any atom is 0.337 e. The zero-order valence-electron chi connectivity index (χ0n) is 12.4. The molecule has 23 heavy (non-hydrogen) atoms. The molecule has 1 amide bonds. The quantitative estimate of drug-likeness (QED) is 0.809. The Hall–Kier alpha value is -2.34. The normalized spacial score (nSPS) is 17.4. The fraction of sp³-hybridized carbons (Fsp3) is 0.176. The first kappa shape index (κ1) is 15.6. The maximum atomic E-state index is 13.5. The Morgan fingerprint density at radius 1 is 1.26 bits per heavy atom. The molecule has 0 bridgehead atoms. The molecule has 1 aliphatic rings. The summed E-state index contributed by atoms with van der Waals surface area (Å²) < 4.78 is 18.2. The lowest BCUT2D eigenvalue weighted by Gasteiger charge is -2.24. The van der Waals surface area contributed by atoms with Gasteiger partial charge >= 0.3 is 5.97 Å². The van der Waals surface area contributed by atoms with E-state index in [2.05, 4.69) is 0 Å². The number of rotatable bonds is 3. The Balaban J connectivity index is 1.98. The third-order valence-electron chi connectivity index (χ3n) is 3.55. The van der Waals surface area contributed by atoms with Gasteiger partial charge in [0.25, 0.3) is 0 Å². The molecule has 1 saturated heterocycles. The number of nitrogens with zero attached hydrogens (tertiary/aromatic N) is 1. The zero-order valence-corrected chi connectivity index (χ0v) is 13.2. The molecule has 0 N–H and O–H groups in total. The molecule has 6 heteroatoms. The largest absolute Gasteiger partial charge is 0.465 e. The number of benzene rings is 2. The molecule has 2 aromatic carbocycles. The van der Waals surface area contributed by atoms with E-state index < -0.39 is 11.8 Å². The zero-order chi connectivity index (χ0) is 16.4. The number of hydrogen-bond donors (Lipinski definition) is 0. The Morgan fingerprint density at radius 3 is 2.78 bits per heavy atom. The van der Waals surface area contributed by atoms with Gasteiger partial charge in [0.15, 0.2) is 0 Å². The highest BCUT2D eigenvalue weighted by Gasteiger charge is 2.34. The molecule has 0 saturated carbocycles. The van der Waals surface area contributed by atoms with E-state index in [-0.39, 0.29) is 11.3 Å². The summed E-state index contributed by atoms with van der Waals surface area (Å²) in [5.74, 6) is -0.606. The first-order chi connectivity index (χ1) is 11.1. The van der Waals surface area contributed by atoms with Gasteiger partial charge in [-0.05, 0) is 35.9 Å². The molecule has 1 unspecified atom stereocenters. The van der Waals surface area contributed by atoms with E-state index in [4.69, 9.17) is 4.74 Å². The molecule has 1 heterocycles. The van der Waals surface area contributed by atoms with Crippen LogP contribution in [0.2, 0.25) is 0 Å². The molecule has 2 aromatic rings. The van der Waals surface area contributed by atoms with E-state index in [9.17, 15) is 14.0 Å². The van der Waals surface area contributed by atoms with Crippen LogP contribution in [0.4, 0.5) is 10.1 Å². The predicted octanol–water partition coefficient (Wildman–Crippen LogP) is 3.39. The molecular formula is C17H14FNO3S. The van der Waals surface area contributed by atoms with Gasteiger partial charge in [0.1, 0.15) is 11.2 Å². The molecule has 1 fully saturated rings. The van der Waals surface area contributed by atoms with E-state index in [1.807, 2.05) is 6.07 Å². The van der Waals surface area contributed by atoms with Crippen molar-refractivity contribution in [1.29, 1.82) is 0 Å². The minimum Gasteiger partial charge on any atom is -0.465 e. The van der Waals surface area contributed by atoms with E-state index in [0.717, 1.165) is 5.56 Å². The van der Waals surface area contributed by atoms with Crippen LogP contribution in [0.25, 0.3) is 0 Å². The van der Waals surface area contributed by atoms with Crippen molar-refractivity contribution in [2.45, 2.75) is 5.37 Å². The van der Waals surface area contributed by atoms with Crippen LogP contribution in [0.3, 0.4) is 0 Å². The lowest BCUT2D eigenvalue weighted by molar-refractivity contribution is -0.115. The number of amides is 1. The Labute approximate surface area is 137 Å². The number of thioether (sulfide) groups is 1. The number of methoxy groups -OCH3 is 1. The minimum absolute atomic E-state index is 0.0888. The first-order valence-electron chi connectivity index (χ1n) is 6.97. The van der Waals surface area contributed by atoms with Crippen molar-refractivity contribution in [3.63, 3.8) is 0 Å². The fourth-order valence-corrected chi connectivity index (χ4v) is 3.68. The van der Waals surface area contributed by atoms with Crippen LogP contribution in [0, 0.1) is 5.82 Å². The minimum atomic E-state index is -0.432. The molecule has 0 radical (unpaired) electrons. The number of carbonyl (C=O) groups excluding carboxylic acids is 2. The van der Waals surface area contributed by atoms with Crippen molar-refractivity contribution in [3.05, 3.63) is 65.5 Å². The van der Waals surface area contributed by atoms with Crippen LogP contribution in [0.5, 0.6) is 0 Å². The van der Waals surface area contributed by atoms with Gasteiger partial charge in [0.05, 0.1) is 18.4 Å². The lowest BCUT2D eigenvalue weighted by Crippen LogP contribution is -2.28. The molecule has 0 aliphatic carbocycles. The van der Waals surface area contributed by atoms with Crippen LogP contribution < -0.4 is 4.90 Å². The Morgan fingerprint density at radius 2 is 2.04 bits per heavy atom. The maximum absolute atomic E-state index is 13.5. The summed E-state index contributed by atoms with van der Waals surface area (Å²) in [6.45, 7) is 0. The van der Waals surface area contributed by atoms with Crippen LogP contribution in [-0.4, -0.2) is 24.7 Å². The van der Waals surface area contributed by atoms with Crippen LogP contribution in [0.15, 0.2) is 48.5 Å². The third-order valence-corrected chi connectivity index (χ3v) is 4.76. The van der Waals surface area contributed by atoms with Crippen molar-refractivity contribution in [3.8, 4) is 0 Å². The topological polar surface area (TPSA) is 46.6 Å². The number of hydrogen-bond acceptors (Lipinski definition) is 4. The summed E-state index contributed by atoms with van der Waals surface area (Å²) in [6, 6.07) is 12.9. The Kier molecular flexibility index (Phi) is 4.34. The third kappa shape index (κ3) is 3.07. The average molecular weight is 331 g/mol. The molecule has 3 rings (SSSR count). The summed E-state index contributed by atoms with van der Waals surface area (Å²) >= 11 is 1.44. The van der Waals surface area contributed by atoms with Crippen LogP contribution >= 0.6 is 11.8 Å². The van der Waals surface area contributed by atoms with E-state index in [0.29, 0.717) is 17.0 Å². The molecular weight excluding hydrogens is 317 g/mol. The van der Waals surface area contributed by atoms with Crippen molar-refractivity contribution in [2.75, 3.05) is 17.8 Å². The standard InChI is InChI=1S/C17H14FNO3S/c1-22-17(21)12-5-2-4-11(8-12)16-19(15(20)10-23-16)14-7-3-6-13(18)9-14/h2-9,16H,10H2,1H3. The predicted molar refractivity (Wildman–Crippen MR) is 86.9 cm³/mol. The van der Waals surface area contributed by atoms with E-state index in [1.54, 1.807) is 35.2 Å². The summed E-state index contributed by atoms with van der Waals surface area (Å²) in [7, 11) is 1.32. The lowest BCUT2D eigenvalue weighted by atomic mass is 10.1. The molecule has 4 nitrogen and oxygen atoms in total. The number of ether oxygens (including phenoxy) is 1. The smallest absolute Gasteiger partial charge is 0.337 e. The van der Waals surface area contributed by atoms with Crippen LogP contribution in [0.1, 0.15) is 21.3 Å². The second-order valence-corrected chi connectivity index (χ2v) is 6.09. The van der Waals surface area contributed by atoms with Gasteiger partial charge in [-0.25, -0.2) is 9.18 Å². The summed E-state index contributed by atoms with van der Waals surface area (Å²) in [4.78, 5) is 25.5. The number of halogens is 1. The average Bonchev–Trinajstić information content (AvgIpc) is 2.96. The molecule has 118 valence electrons. The van der Waals surface area contributed by atoms with Crippen molar-refractivity contribution < 1.29 is 18.7 Å².